The number of benzene rings is 2. The Labute approximate surface area is 157 Å². The fourth-order valence-electron chi connectivity index (χ4n) is 2.44. The van der Waals surface area contributed by atoms with Crippen LogP contribution in [0.3, 0.4) is 0 Å². The number of hydrogen-bond donors (Lipinski definition) is 2. The van der Waals surface area contributed by atoms with Crippen molar-refractivity contribution in [1.82, 2.24) is 9.97 Å². The van der Waals surface area contributed by atoms with E-state index in [4.69, 9.17) is 21.1 Å². The highest BCUT2D eigenvalue weighted by atomic mass is 35.5. The van der Waals surface area contributed by atoms with Gasteiger partial charge in [0.1, 0.15) is 17.3 Å². The highest BCUT2D eigenvalue weighted by Crippen LogP contribution is 2.37. The van der Waals surface area contributed by atoms with Crippen LogP contribution in [0.5, 0.6) is 11.5 Å². The summed E-state index contributed by atoms with van der Waals surface area (Å²) >= 11 is 6.16. The molecule has 0 aliphatic rings. The van der Waals surface area contributed by atoms with Crippen molar-refractivity contribution >= 4 is 34.7 Å². The van der Waals surface area contributed by atoms with Crippen LogP contribution in [-0.4, -0.2) is 24.2 Å². The second-order valence-corrected chi connectivity index (χ2v) is 5.93. The molecule has 0 spiro atoms. The van der Waals surface area contributed by atoms with Crippen molar-refractivity contribution in [3.05, 3.63) is 59.2 Å². The lowest BCUT2D eigenvalue weighted by Gasteiger charge is -2.14. The van der Waals surface area contributed by atoms with Crippen LogP contribution in [0.25, 0.3) is 0 Å². The molecule has 0 aliphatic carbocycles. The van der Waals surface area contributed by atoms with Crippen LogP contribution in [-0.2, 0) is 0 Å². The third-order valence-electron chi connectivity index (χ3n) is 3.62. The summed E-state index contributed by atoms with van der Waals surface area (Å²) in [5.74, 6) is 2.25. The summed E-state index contributed by atoms with van der Waals surface area (Å²) in [6.45, 7) is 1.91. The van der Waals surface area contributed by atoms with E-state index in [1.165, 1.54) is 0 Å². The van der Waals surface area contributed by atoms with Crippen molar-refractivity contribution < 1.29 is 9.47 Å². The van der Waals surface area contributed by atoms with Crippen LogP contribution in [0.2, 0.25) is 5.02 Å². The summed E-state index contributed by atoms with van der Waals surface area (Å²) in [5.41, 5.74) is 2.42. The van der Waals surface area contributed by atoms with Gasteiger partial charge >= 0.3 is 0 Å². The number of aryl methyl sites for hydroxylation is 1. The van der Waals surface area contributed by atoms with Crippen molar-refractivity contribution in [1.29, 1.82) is 0 Å². The predicted molar refractivity (Wildman–Crippen MR) is 104 cm³/mol. The average Bonchev–Trinajstić information content (AvgIpc) is 2.63. The van der Waals surface area contributed by atoms with Gasteiger partial charge in [-0.2, -0.15) is 4.98 Å². The lowest BCUT2D eigenvalue weighted by atomic mass is 10.2. The molecule has 2 aromatic carbocycles. The summed E-state index contributed by atoms with van der Waals surface area (Å²) in [4.78, 5) is 8.94. The SMILES string of the molecule is COc1cc(Nc2cc(C)nc(Nc3ccccc3)n2)c(OC)cc1Cl. The van der Waals surface area contributed by atoms with Gasteiger partial charge in [0, 0.05) is 29.6 Å². The zero-order chi connectivity index (χ0) is 18.5. The van der Waals surface area contributed by atoms with E-state index in [0.717, 1.165) is 11.4 Å². The van der Waals surface area contributed by atoms with E-state index in [1.807, 2.05) is 43.3 Å². The molecule has 0 amide bonds. The van der Waals surface area contributed by atoms with Crippen molar-refractivity contribution in [2.75, 3.05) is 24.9 Å². The minimum absolute atomic E-state index is 0.472. The maximum Gasteiger partial charge on any atom is 0.229 e. The normalized spacial score (nSPS) is 10.3. The predicted octanol–water partition coefficient (Wildman–Crippen LogP) is 4.94. The van der Waals surface area contributed by atoms with Crippen LogP contribution in [0.4, 0.5) is 23.1 Å². The van der Waals surface area contributed by atoms with Gasteiger partial charge in [-0.05, 0) is 19.1 Å². The van der Waals surface area contributed by atoms with Gasteiger partial charge in [-0.15, -0.1) is 0 Å². The van der Waals surface area contributed by atoms with Crippen LogP contribution in [0.15, 0.2) is 48.5 Å². The number of aromatic nitrogens is 2. The molecular formula is C19H19ClN4O2. The third-order valence-corrected chi connectivity index (χ3v) is 3.92. The smallest absolute Gasteiger partial charge is 0.229 e. The lowest BCUT2D eigenvalue weighted by Crippen LogP contribution is -2.03. The number of hydrogen-bond acceptors (Lipinski definition) is 6. The highest BCUT2D eigenvalue weighted by molar-refractivity contribution is 6.32. The van der Waals surface area contributed by atoms with Crippen molar-refractivity contribution in [2.45, 2.75) is 6.92 Å². The van der Waals surface area contributed by atoms with E-state index < -0.39 is 0 Å². The van der Waals surface area contributed by atoms with Crippen molar-refractivity contribution in [3.63, 3.8) is 0 Å². The van der Waals surface area contributed by atoms with Crippen LogP contribution in [0.1, 0.15) is 5.69 Å². The largest absolute Gasteiger partial charge is 0.495 e. The summed E-state index contributed by atoms with van der Waals surface area (Å²) < 4.78 is 10.7. The van der Waals surface area contributed by atoms with Gasteiger partial charge < -0.3 is 20.1 Å². The lowest BCUT2D eigenvalue weighted by molar-refractivity contribution is 0.405. The van der Waals surface area contributed by atoms with Crippen LogP contribution >= 0.6 is 11.6 Å². The number of para-hydroxylation sites is 1. The average molecular weight is 371 g/mol. The Balaban J connectivity index is 1.91. The molecule has 0 saturated carbocycles. The molecule has 0 unspecified atom stereocenters. The molecule has 26 heavy (non-hydrogen) atoms. The van der Waals surface area contributed by atoms with E-state index in [2.05, 4.69) is 20.6 Å². The first kappa shape index (κ1) is 17.8. The zero-order valence-electron chi connectivity index (χ0n) is 14.7. The first-order valence-corrected chi connectivity index (χ1v) is 8.33. The molecule has 3 aromatic rings. The summed E-state index contributed by atoms with van der Waals surface area (Å²) in [6, 6.07) is 15.1. The van der Waals surface area contributed by atoms with E-state index in [1.54, 1.807) is 26.4 Å². The number of anilines is 4. The van der Waals surface area contributed by atoms with E-state index >= 15 is 0 Å². The maximum absolute atomic E-state index is 6.16. The Hall–Kier alpha value is -2.99. The molecule has 2 N–H and O–H groups in total. The van der Waals surface area contributed by atoms with E-state index in [9.17, 15) is 0 Å². The molecule has 0 fully saturated rings. The molecule has 1 aromatic heterocycles. The Kier molecular flexibility index (Phi) is 5.43. The molecule has 3 rings (SSSR count). The number of rotatable bonds is 6. The Morgan fingerprint density at radius 3 is 2.31 bits per heavy atom. The molecule has 0 atom stereocenters. The molecule has 134 valence electrons. The number of nitrogens with one attached hydrogen (secondary N) is 2. The fraction of sp³-hybridized carbons (Fsp3) is 0.158. The molecular weight excluding hydrogens is 352 g/mol. The van der Waals surface area contributed by atoms with Gasteiger partial charge in [-0.25, -0.2) is 4.98 Å². The highest BCUT2D eigenvalue weighted by Gasteiger charge is 2.12. The van der Waals surface area contributed by atoms with Crippen molar-refractivity contribution in [3.8, 4) is 11.5 Å². The fourth-order valence-corrected chi connectivity index (χ4v) is 2.67. The minimum Gasteiger partial charge on any atom is -0.495 e. The number of ether oxygens (including phenoxy) is 2. The molecule has 1 heterocycles. The molecule has 0 aliphatic heterocycles. The summed E-state index contributed by atoms with van der Waals surface area (Å²) in [5, 5.41) is 6.90. The second-order valence-electron chi connectivity index (χ2n) is 5.52. The van der Waals surface area contributed by atoms with Gasteiger partial charge in [-0.3, -0.25) is 0 Å². The molecule has 6 nitrogen and oxygen atoms in total. The Morgan fingerprint density at radius 1 is 0.885 bits per heavy atom. The number of halogens is 1. The maximum atomic E-state index is 6.16. The first-order chi connectivity index (χ1) is 12.6. The van der Waals surface area contributed by atoms with E-state index in [0.29, 0.717) is 34.0 Å². The van der Waals surface area contributed by atoms with Gasteiger partial charge in [0.25, 0.3) is 0 Å². The minimum atomic E-state index is 0.472. The third kappa shape index (κ3) is 4.15. The summed E-state index contributed by atoms with van der Waals surface area (Å²) in [6.07, 6.45) is 0. The Morgan fingerprint density at radius 2 is 1.62 bits per heavy atom. The van der Waals surface area contributed by atoms with Gasteiger partial charge in [-0.1, -0.05) is 29.8 Å². The summed E-state index contributed by atoms with van der Waals surface area (Å²) in [7, 11) is 3.14. The van der Waals surface area contributed by atoms with Gasteiger partial charge in [0.05, 0.1) is 24.9 Å². The van der Waals surface area contributed by atoms with Gasteiger partial charge in [0.2, 0.25) is 5.95 Å². The first-order valence-electron chi connectivity index (χ1n) is 7.95. The molecule has 7 heteroatoms. The van der Waals surface area contributed by atoms with Crippen LogP contribution < -0.4 is 20.1 Å². The number of methoxy groups -OCH3 is 2. The van der Waals surface area contributed by atoms with Crippen molar-refractivity contribution in [2.24, 2.45) is 0 Å². The monoisotopic (exact) mass is 370 g/mol. The molecule has 0 saturated heterocycles. The zero-order valence-corrected chi connectivity index (χ0v) is 15.5. The number of nitrogens with zero attached hydrogens (tertiary/aromatic N) is 2. The molecule has 0 bridgehead atoms. The quantitative estimate of drug-likeness (QED) is 0.640. The van der Waals surface area contributed by atoms with E-state index in [-0.39, 0.29) is 0 Å². The topological polar surface area (TPSA) is 68.3 Å². The van der Waals surface area contributed by atoms with Gasteiger partial charge in [0.15, 0.2) is 0 Å². The molecule has 0 radical (unpaired) electrons. The standard InChI is InChI=1S/C19H19ClN4O2/c1-12-9-18(24-19(21-12)22-13-7-5-4-6-8-13)23-15-11-16(25-2)14(20)10-17(15)26-3/h4-11H,1-3H3,(H2,21,22,23,24). The van der Waals surface area contributed by atoms with Crippen LogP contribution in [0, 0.1) is 6.92 Å². The second kappa shape index (κ2) is 7.93. The Bertz CT molecular complexity index is 904.